The molecule has 5 nitrogen and oxygen atoms in total. The summed E-state index contributed by atoms with van der Waals surface area (Å²) in [6.45, 7) is 12.7. The number of likely N-dealkylation sites (tertiary alicyclic amines) is 1. The Bertz CT molecular complexity index is 460. The molecule has 2 heterocycles. The minimum atomic E-state index is 0.636. The SMILES string of the molecule is CCNc1nc(CC)nc(NCC2CCCN2CC)c1C. The van der Waals surface area contributed by atoms with Crippen LogP contribution >= 0.6 is 0 Å². The number of hydrogen-bond acceptors (Lipinski definition) is 5. The molecule has 0 spiro atoms. The van der Waals surface area contributed by atoms with E-state index < -0.39 is 0 Å². The highest BCUT2D eigenvalue weighted by atomic mass is 15.2. The van der Waals surface area contributed by atoms with Crippen LogP contribution in [0.1, 0.15) is 45.0 Å². The second kappa shape index (κ2) is 7.59. The molecule has 5 heteroatoms. The molecular formula is C16H29N5. The quantitative estimate of drug-likeness (QED) is 0.809. The van der Waals surface area contributed by atoms with Crippen molar-refractivity contribution in [2.45, 2.75) is 53.0 Å². The molecule has 0 radical (unpaired) electrons. The van der Waals surface area contributed by atoms with Crippen LogP contribution in [0.25, 0.3) is 0 Å². The molecule has 0 aromatic carbocycles. The molecule has 1 aliphatic rings. The summed E-state index contributed by atoms with van der Waals surface area (Å²) < 4.78 is 0. The van der Waals surface area contributed by atoms with Crippen molar-refractivity contribution < 1.29 is 0 Å². The highest BCUT2D eigenvalue weighted by Gasteiger charge is 2.23. The predicted octanol–water partition coefficient (Wildman–Crippen LogP) is 2.68. The molecule has 0 aliphatic carbocycles. The predicted molar refractivity (Wildman–Crippen MR) is 89.1 cm³/mol. The lowest BCUT2D eigenvalue weighted by Crippen LogP contribution is -2.35. The number of aryl methyl sites for hydroxylation is 1. The van der Waals surface area contributed by atoms with Gasteiger partial charge in [0, 0.05) is 31.1 Å². The standard InChI is InChI=1S/C16H29N5/c1-5-14-19-15(17-6-2)12(4)16(20-14)18-11-13-9-8-10-21(13)7-3/h13H,5-11H2,1-4H3,(H2,17,18,19,20). The van der Waals surface area contributed by atoms with E-state index >= 15 is 0 Å². The van der Waals surface area contributed by atoms with Gasteiger partial charge in [0.2, 0.25) is 0 Å². The van der Waals surface area contributed by atoms with E-state index in [0.29, 0.717) is 6.04 Å². The Labute approximate surface area is 128 Å². The minimum absolute atomic E-state index is 0.636. The molecule has 1 aliphatic heterocycles. The molecule has 0 amide bonds. The molecule has 2 rings (SSSR count). The summed E-state index contributed by atoms with van der Waals surface area (Å²) in [6, 6.07) is 0.636. The number of rotatable bonds is 7. The summed E-state index contributed by atoms with van der Waals surface area (Å²) in [5.41, 5.74) is 1.12. The van der Waals surface area contributed by atoms with Gasteiger partial charge in [0.15, 0.2) is 0 Å². The third kappa shape index (κ3) is 3.84. The van der Waals surface area contributed by atoms with Crippen LogP contribution in [-0.4, -0.2) is 47.1 Å². The number of nitrogens with zero attached hydrogens (tertiary/aromatic N) is 3. The van der Waals surface area contributed by atoms with Crippen molar-refractivity contribution in [2.75, 3.05) is 36.8 Å². The Hall–Kier alpha value is -1.36. The smallest absolute Gasteiger partial charge is 0.134 e. The largest absolute Gasteiger partial charge is 0.370 e. The lowest BCUT2D eigenvalue weighted by molar-refractivity contribution is 0.277. The van der Waals surface area contributed by atoms with Crippen molar-refractivity contribution >= 4 is 11.6 Å². The Morgan fingerprint density at radius 3 is 2.48 bits per heavy atom. The first-order valence-electron chi connectivity index (χ1n) is 8.28. The van der Waals surface area contributed by atoms with E-state index in [2.05, 4.69) is 53.2 Å². The van der Waals surface area contributed by atoms with E-state index in [4.69, 9.17) is 0 Å². The van der Waals surface area contributed by atoms with Crippen molar-refractivity contribution in [1.82, 2.24) is 14.9 Å². The van der Waals surface area contributed by atoms with Crippen LogP contribution in [0, 0.1) is 6.92 Å². The average Bonchev–Trinajstić information content (AvgIpc) is 2.95. The third-order valence-electron chi connectivity index (χ3n) is 4.26. The number of likely N-dealkylation sites (N-methyl/N-ethyl adjacent to an activating group) is 1. The van der Waals surface area contributed by atoms with E-state index in [0.717, 1.165) is 49.1 Å². The first kappa shape index (κ1) is 16.0. The fourth-order valence-corrected chi connectivity index (χ4v) is 2.99. The van der Waals surface area contributed by atoms with Crippen LogP contribution in [0.15, 0.2) is 0 Å². The topological polar surface area (TPSA) is 53.1 Å². The molecule has 1 saturated heterocycles. The summed E-state index contributed by atoms with van der Waals surface area (Å²) in [7, 11) is 0. The van der Waals surface area contributed by atoms with Crippen molar-refractivity contribution in [1.29, 1.82) is 0 Å². The first-order chi connectivity index (χ1) is 10.2. The lowest BCUT2D eigenvalue weighted by Gasteiger charge is -2.24. The number of aromatic nitrogens is 2. The van der Waals surface area contributed by atoms with Gasteiger partial charge in [0.1, 0.15) is 17.5 Å². The van der Waals surface area contributed by atoms with Gasteiger partial charge in [-0.05, 0) is 39.8 Å². The molecule has 2 N–H and O–H groups in total. The van der Waals surface area contributed by atoms with Gasteiger partial charge in [0.25, 0.3) is 0 Å². The van der Waals surface area contributed by atoms with E-state index in [1.165, 1.54) is 19.4 Å². The van der Waals surface area contributed by atoms with Gasteiger partial charge in [-0.2, -0.15) is 0 Å². The molecule has 21 heavy (non-hydrogen) atoms. The second-order valence-electron chi connectivity index (χ2n) is 5.65. The van der Waals surface area contributed by atoms with Crippen LogP contribution in [-0.2, 0) is 6.42 Å². The van der Waals surface area contributed by atoms with E-state index in [1.807, 2.05) is 0 Å². The van der Waals surface area contributed by atoms with Crippen molar-refractivity contribution in [3.05, 3.63) is 11.4 Å². The summed E-state index contributed by atoms with van der Waals surface area (Å²) in [6.07, 6.45) is 3.45. The van der Waals surface area contributed by atoms with Crippen molar-refractivity contribution in [3.63, 3.8) is 0 Å². The molecule has 1 aromatic heterocycles. The maximum atomic E-state index is 4.66. The molecule has 0 bridgehead atoms. The van der Waals surface area contributed by atoms with Gasteiger partial charge < -0.3 is 10.6 Å². The maximum absolute atomic E-state index is 4.66. The highest BCUT2D eigenvalue weighted by molar-refractivity contribution is 5.57. The van der Waals surface area contributed by atoms with E-state index in [9.17, 15) is 0 Å². The molecule has 0 saturated carbocycles. The molecule has 1 unspecified atom stereocenters. The van der Waals surface area contributed by atoms with Gasteiger partial charge in [-0.3, -0.25) is 4.90 Å². The second-order valence-corrected chi connectivity index (χ2v) is 5.65. The summed E-state index contributed by atoms with van der Waals surface area (Å²) in [5.74, 6) is 2.85. The average molecular weight is 291 g/mol. The molecule has 1 atom stereocenters. The molecule has 1 fully saturated rings. The summed E-state index contributed by atoms with van der Waals surface area (Å²) >= 11 is 0. The third-order valence-corrected chi connectivity index (χ3v) is 4.26. The van der Waals surface area contributed by atoms with Crippen LogP contribution in [0.2, 0.25) is 0 Å². The molecule has 1 aromatic rings. The van der Waals surface area contributed by atoms with Gasteiger partial charge >= 0.3 is 0 Å². The normalized spacial score (nSPS) is 19.0. The zero-order valence-corrected chi connectivity index (χ0v) is 13.9. The van der Waals surface area contributed by atoms with Gasteiger partial charge in [-0.25, -0.2) is 9.97 Å². The van der Waals surface area contributed by atoms with Crippen molar-refractivity contribution in [3.8, 4) is 0 Å². The summed E-state index contributed by atoms with van der Waals surface area (Å²) in [4.78, 5) is 11.8. The number of anilines is 2. The fourth-order valence-electron chi connectivity index (χ4n) is 2.99. The Kier molecular flexibility index (Phi) is 5.79. The zero-order chi connectivity index (χ0) is 15.2. The van der Waals surface area contributed by atoms with Gasteiger partial charge in [-0.1, -0.05) is 13.8 Å². The van der Waals surface area contributed by atoms with Crippen LogP contribution in [0.5, 0.6) is 0 Å². The highest BCUT2D eigenvalue weighted by Crippen LogP contribution is 2.22. The molecule has 118 valence electrons. The Balaban J connectivity index is 2.09. The fraction of sp³-hybridized carbons (Fsp3) is 0.750. The Morgan fingerprint density at radius 2 is 1.86 bits per heavy atom. The van der Waals surface area contributed by atoms with Gasteiger partial charge in [-0.15, -0.1) is 0 Å². The van der Waals surface area contributed by atoms with E-state index in [1.54, 1.807) is 0 Å². The lowest BCUT2D eigenvalue weighted by atomic mass is 10.2. The van der Waals surface area contributed by atoms with E-state index in [-0.39, 0.29) is 0 Å². The van der Waals surface area contributed by atoms with Crippen LogP contribution in [0.3, 0.4) is 0 Å². The minimum Gasteiger partial charge on any atom is -0.370 e. The number of nitrogens with one attached hydrogen (secondary N) is 2. The van der Waals surface area contributed by atoms with Gasteiger partial charge in [0.05, 0.1) is 0 Å². The first-order valence-corrected chi connectivity index (χ1v) is 8.28. The number of hydrogen-bond donors (Lipinski definition) is 2. The summed E-state index contributed by atoms with van der Waals surface area (Å²) in [5, 5.41) is 6.90. The van der Waals surface area contributed by atoms with Crippen molar-refractivity contribution in [2.24, 2.45) is 0 Å². The monoisotopic (exact) mass is 291 g/mol. The Morgan fingerprint density at radius 1 is 1.14 bits per heavy atom. The molecular weight excluding hydrogens is 262 g/mol. The van der Waals surface area contributed by atoms with Crippen LogP contribution in [0.4, 0.5) is 11.6 Å². The maximum Gasteiger partial charge on any atom is 0.134 e. The zero-order valence-electron chi connectivity index (χ0n) is 13.9. The van der Waals surface area contributed by atoms with Crippen LogP contribution < -0.4 is 10.6 Å².